The number of hydrogen-bond acceptors (Lipinski definition) is 3. The summed E-state index contributed by atoms with van der Waals surface area (Å²) >= 11 is 0. The molecule has 2 rings (SSSR count). The summed E-state index contributed by atoms with van der Waals surface area (Å²) in [5.41, 5.74) is 4.83. The van der Waals surface area contributed by atoms with E-state index in [1.165, 1.54) is 0 Å². The van der Waals surface area contributed by atoms with Crippen LogP contribution in [0.25, 0.3) is 0 Å². The Bertz CT molecular complexity index is 372. The highest BCUT2D eigenvalue weighted by Crippen LogP contribution is 2.32. The number of para-hydroxylation sites is 2. The molecule has 1 aliphatic heterocycles. The van der Waals surface area contributed by atoms with Crippen LogP contribution in [-0.4, -0.2) is 30.4 Å². The number of phenolic OH excluding ortho intramolecular Hbond substituents is 1. The first-order valence-corrected chi connectivity index (χ1v) is 5.56. The molecule has 3 nitrogen and oxygen atoms in total. The van der Waals surface area contributed by atoms with Crippen molar-refractivity contribution in [2.75, 3.05) is 24.5 Å². The van der Waals surface area contributed by atoms with E-state index in [4.69, 9.17) is 5.73 Å². The van der Waals surface area contributed by atoms with Gasteiger partial charge in [-0.05, 0) is 25.0 Å². The Morgan fingerprint density at radius 2 is 2.19 bits per heavy atom. The summed E-state index contributed by atoms with van der Waals surface area (Å²) in [4.78, 5) is 1.87. The van der Waals surface area contributed by atoms with Crippen molar-refractivity contribution in [1.29, 1.82) is 0 Å². The Hall–Kier alpha value is -1.29. The highest BCUT2D eigenvalue weighted by Gasteiger charge is 2.34. The lowest BCUT2D eigenvalue weighted by Gasteiger charge is -2.38. The van der Waals surface area contributed by atoms with Gasteiger partial charge in [-0.25, -0.2) is 4.39 Å². The maximum absolute atomic E-state index is 14.1. The third kappa shape index (κ3) is 2.11. The number of rotatable bonds is 2. The molecule has 1 unspecified atom stereocenters. The molecule has 0 amide bonds. The number of piperidine rings is 1. The molecular weight excluding hydrogens is 207 g/mol. The molecule has 0 saturated carbocycles. The molecule has 0 aromatic heterocycles. The van der Waals surface area contributed by atoms with Crippen molar-refractivity contribution < 1.29 is 9.50 Å². The van der Waals surface area contributed by atoms with E-state index >= 15 is 0 Å². The smallest absolute Gasteiger partial charge is 0.140 e. The number of anilines is 1. The minimum atomic E-state index is -1.32. The van der Waals surface area contributed by atoms with E-state index in [0.717, 1.165) is 13.0 Å². The van der Waals surface area contributed by atoms with Crippen molar-refractivity contribution in [3.05, 3.63) is 24.3 Å². The number of aromatic hydroxyl groups is 1. The van der Waals surface area contributed by atoms with Gasteiger partial charge in [-0.1, -0.05) is 12.1 Å². The quantitative estimate of drug-likeness (QED) is 0.803. The Labute approximate surface area is 94.7 Å². The van der Waals surface area contributed by atoms with Gasteiger partial charge >= 0.3 is 0 Å². The van der Waals surface area contributed by atoms with Crippen molar-refractivity contribution in [2.45, 2.75) is 18.5 Å². The molecule has 0 radical (unpaired) electrons. The molecule has 1 fully saturated rings. The molecule has 1 aromatic carbocycles. The van der Waals surface area contributed by atoms with Gasteiger partial charge in [0, 0.05) is 13.1 Å². The second-order valence-electron chi connectivity index (χ2n) is 4.37. The second-order valence-corrected chi connectivity index (χ2v) is 4.37. The standard InChI is InChI=1S/C12H17FN2O/c13-12(8-14)6-3-7-15(9-12)10-4-1-2-5-11(10)16/h1-2,4-5,16H,3,6-9,14H2. The summed E-state index contributed by atoms with van der Waals surface area (Å²) in [5.74, 6) is 0.198. The molecule has 1 aliphatic rings. The van der Waals surface area contributed by atoms with Gasteiger partial charge in [0.25, 0.3) is 0 Å². The summed E-state index contributed by atoms with van der Waals surface area (Å²) in [7, 11) is 0. The third-order valence-electron chi connectivity index (χ3n) is 3.12. The number of hydrogen-bond donors (Lipinski definition) is 2. The van der Waals surface area contributed by atoms with Gasteiger partial charge in [0.2, 0.25) is 0 Å². The van der Waals surface area contributed by atoms with Crippen LogP contribution in [0.5, 0.6) is 5.75 Å². The summed E-state index contributed by atoms with van der Waals surface area (Å²) in [6.45, 7) is 1.07. The van der Waals surface area contributed by atoms with Crippen LogP contribution in [0.1, 0.15) is 12.8 Å². The molecule has 4 heteroatoms. The largest absolute Gasteiger partial charge is 0.506 e. The van der Waals surface area contributed by atoms with Gasteiger partial charge in [0.15, 0.2) is 0 Å². The van der Waals surface area contributed by atoms with E-state index < -0.39 is 5.67 Å². The van der Waals surface area contributed by atoms with Gasteiger partial charge < -0.3 is 15.7 Å². The fourth-order valence-electron chi connectivity index (χ4n) is 2.19. The SMILES string of the molecule is NCC1(F)CCCN(c2ccccc2O)C1. The van der Waals surface area contributed by atoms with E-state index in [2.05, 4.69) is 0 Å². The minimum absolute atomic E-state index is 0.0388. The highest BCUT2D eigenvalue weighted by molar-refractivity contribution is 5.58. The lowest BCUT2D eigenvalue weighted by molar-refractivity contribution is 0.146. The van der Waals surface area contributed by atoms with Crippen LogP contribution in [0.15, 0.2) is 24.3 Å². The first kappa shape index (κ1) is 11.2. The van der Waals surface area contributed by atoms with Gasteiger partial charge in [-0.3, -0.25) is 0 Å². The fraction of sp³-hybridized carbons (Fsp3) is 0.500. The van der Waals surface area contributed by atoms with Crippen LogP contribution in [0.3, 0.4) is 0 Å². The lowest BCUT2D eigenvalue weighted by Crippen LogP contribution is -2.49. The molecule has 1 atom stereocenters. The van der Waals surface area contributed by atoms with Gasteiger partial charge in [-0.15, -0.1) is 0 Å². The number of nitrogens with zero attached hydrogens (tertiary/aromatic N) is 1. The number of nitrogens with two attached hydrogens (primary N) is 1. The first-order valence-electron chi connectivity index (χ1n) is 5.56. The van der Waals surface area contributed by atoms with Crippen LogP contribution in [0.4, 0.5) is 10.1 Å². The van der Waals surface area contributed by atoms with E-state index in [1.807, 2.05) is 11.0 Å². The Balaban J connectivity index is 2.19. The zero-order valence-corrected chi connectivity index (χ0v) is 9.19. The molecule has 88 valence electrons. The molecule has 0 aliphatic carbocycles. The van der Waals surface area contributed by atoms with Crippen molar-refractivity contribution in [2.24, 2.45) is 5.73 Å². The average Bonchev–Trinajstić information content (AvgIpc) is 2.30. The predicted molar refractivity (Wildman–Crippen MR) is 62.4 cm³/mol. The number of alkyl halides is 1. The first-order chi connectivity index (χ1) is 7.64. The maximum atomic E-state index is 14.1. The maximum Gasteiger partial charge on any atom is 0.140 e. The molecule has 1 aromatic rings. The summed E-state index contributed by atoms with van der Waals surface area (Å²) in [6.07, 6.45) is 1.27. The van der Waals surface area contributed by atoms with Crippen LogP contribution >= 0.6 is 0 Å². The third-order valence-corrected chi connectivity index (χ3v) is 3.12. The van der Waals surface area contributed by atoms with E-state index in [9.17, 15) is 9.50 Å². The number of halogens is 1. The van der Waals surface area contributed by atoms with Gasteiger partial charge in [-0.2, -0.15) is 0 Å². The Kier molecular flexibility index (Phi) is 3.01. The van der Waals surface area contributed by atoms with Crippen molar-refractivity contribution in [1.82, 2.24) is 0 Å². The minimum Gasteiger partial charge on any atom is -0.506 e. The van der Waals surface area contributed by atoms with Crippen molar-refractivity contribution in [3.63, 3.8) is 0 Å². The Morgan fingerprint density at radius 3 is 2.88 bits per heavy atom. The number of benzene rings is 1. The average molecular weight is 224 g/mol. The molecule has 0 bridgehead atoms. The van der Waals surface area contributed by atoms with Crippen LogP contribution in [0, 0.1) is 0 Å². The summed E-state index contributed by atoms with van der Waals surface area (Å²) in [5, 5.41) is 9.71. The predicted octanol–water partition coefficient (Wildman–Crippen LogP) is 1.66. The Morgan fingerprint density at radius 1 is 1.44 bits per heavy atom. The highest BCUT2D eigenvalue weighted by atomic mass is 19.1. The van der Waals surface area contributed by atoms with E-state index in [1.54, 1.807) is 18.2 Å². The molecule has 16 heavy (non-hydrogen) atoms. The summed E-state index contributed by atoms with van der Waals surface area (Å²) < 4.78 is 14.1. The normalized spacial score (nSPS) is 25.8. The number of phenols is 1. The molecular formula is C12H17FN2O. The fourth-order valence-corrected chi connectivity index (χ4v) is 2.19. The zero-order chi connectivity index (χ0) is 11.6. The van der Waals surface area contributed by atoms with Gasteiger partial charge in [0.1, 0.15) is 11.4 Å². The van der Waals surface area contributed by atoms with E-state index in [0.29, 0.717) is 12.1 Å². The topological polar surface area (TPSA) is 49.5 Å². The molecule has 1 saturated heterocycles. The molecule has 0 spiro atoms. The molecule has 1 heterocycles. The molecule has 3 N–H and O–H groups in total. The van der Waals surface area contributed by atoms with Crippen LogP contribution < -0.4 is 10.6 Å². The monoisotopic (exact) mass is 224 g/mol. The van der Waals surface area contributed by atoms with Crippen molar-refractivity contribution >= 4 is 5.69 Å². The van der Waals surface area contributed by atoms with Crippen LogP contribution in [0.2, 0.25) is 0 Å². The summed E-state index contributed by atoms with van der Waals surface area (Å²) in [6, 6.07) is 7.02. The van der Waals surface area contributed by atoms with Crippen molar-refractivity contribution in [3.8, 4) is 5.75 Å². The zero-order valence-electron chi connectivity index (χ0n) is 9.19. The second kappa shape index (κ2) is 4.29. The van der Waals surface area contributed by atoms with Gasteiger partial charge in [0.05, 0.1) is 12.2 Å². The van der Waals surface area contributed by atoms with Crippen LogP contribution in [-0.2, 0) is 0 Å². The van der Waals surface area contributed by atoms with E-state index in [-0.39, 0.29) is 18.8 Å². The lowest BCUT2D eigenvalue weighted by atomic mass is 9.94.